The van der Waals surface area contributed by atoms with Gasteiger partial charge < -0.3 is 5.11 Å². The topological polar surface area (TPSA) is 50.2 Å². The second-order valence-electron chi connectivity index (χ2n) is 4.19. The lowest BCUT2D eigenvalue weighted by molar-refractivity contribution is -0.138. The van der Waals surface area contributed by atoms with E-state index in [-0.39, 0.29) is 0 Å². The normalized spacial score (nSPS) is 12.6. The van der Waals surface area contributed by atoms with Crippen molar-refractivity contribution < 1.29 is 9.90 Å². The number of carbonyl (C=O) groups is 1. The average Bonchev–Trinajstić information content (AvgIpc) is 2.36. The van der Waals surface area contributed by atoms with Gasteiger partial charge in [0.2, 0.25) is 0 Å². The summed E-state index contributed by atoms with van der Waals surface area (Å²) in [5.41, 5.74) is 2.01. The second kappa shape index (κ2) is 4.53. The van der Waals surface area contributed by atoms with Crippen LogP contribution >= 0.6 is 0 Å². The Morgan fingerprint density at radius 1 is 1.41 bits per heavy atom. The van der Waals surface area contributed by atoms with E-state index < -0.39 is 11.9 Å². The van der Waals surface area contributed by atoms with Gasteiger partial charge in [0.05, 0.1) is 5.92 Å². The number of pyridine rings is 1. The van der Waals surface area contributed by atoms with Crippen LogP contribution in [0.4, 0.5) is 0 Å². The van der Waals surface area contributed by atoms with Gasteiger partial charge in [0, 0.05) is 17.8 Å². The largest absolute Gasteiger partial charge is 0.481 e. The maximum Gasteiger partial charge on any atom is 0.310 e. The number of hydrogen-bond donors (Lipinski definition) is 1. The van der Waals surface area contributed by atoms with Crippen LogP contribution in [0.3, 0.4) is 0 Å². The molecule has 1 atom stereocenters. The summed E-state index contributed by atoms with van der Waals surface area (Å²) in [6, 6.07) is 5.80. The summed E-state index contributed by atoms with van der Waals surface area (Å²) in [6.45, 7) is 3.78. The summed E-state index contributed by atoms with van der Waals surface area (Å²) in [7, 11) is 0. The van der Waals surface area contributed by atoms with Crippen LogP contribution < -0.4 is 0 Å². The van der Waals surface area contributed by atoms with Crippen LogP contribution in [0.2, 0.25) is 0 Å². The van der Waals surface area contributed by atoms with Gasteiger partial charge in [-0.25, -0.2) is 0 Å². The molecule has 1 heterocycles. The number of carboxylic acid groups (broad SMARTS) is 1. The maximum atomic E-state index is 10.9. The van der Waals surface area contributed by atoms with Gasteiger partial charge >= 0.3 is 5.97 Å². The minimum absolute atomic E-state index is 0.482. The predicted octanol–water partition coefficient (Wildman–Crippen LogP) is 2.99. The number of aryl methyl sites for hydroxylation is 1. The molecule has 0 saturated carbocycles. The fraction of sp³-hybridized carbons (Fsp3) is 0.286. The van der Waals surface area contributed by atoms with Crippen molar-refractivity contribution in [2.24, 2.45) is 0 Å². The zero-order valence-corrected chi connectivity index (χ0v) is 9.97. The minimum Gasteiger partial charge on any atom is -0.481 e. The fourth-order valence-corrected chi connectivity index (χ4v) is 1.95. The van der Waals surface area contributed by atoms with Crippen LogP contribution in [0.25, 0.3) is 10.8 Å². The zero-order chi connectivity index (χ0) is 12.4. The standard InChI is InChI=1S/C14H15NO2/c1-3-10-7-15-8-12-6-11(4-5-13(10)12)9(2)14(16)17/h4-9H,3H2,1-2H3,(H,16,17). The third-order valence-electron chi connectivity index (χ3n) is 3.12. The van der Waals surface area contributed by atoms with Crippen LogP contribution in [-0.4, -0.2) is 16.1 Å². The summed E-state index contributed by atoms with van der Waals surface area (Å²) < 4.78 is 0. The van der Waals surface area contributed by atoms with E-state index in [4.69, 9.17) is 5.11 Å². The Morgan fingerprint density at radius 3 is 2.82 bits per heavy atom. The highest BCUT2D eigenvalue weighted by Crippen LogP contribution is 2.23. The Labute approximate surface area is 100 Å². The SMILES string of the molecule is CCc1cncc2cc(C(C)C(=O)O)ccc12. The molecule has 1 aromatic heterocycles. The minimum atomic E-state index is -0.802. The Morgan fingerprint density at radius 2 is 2.18 bits per heavy atom. The molecule has 0 aliphatic carbocycles. The highest BCUT2D eigenvalue weighted by Gasteiger charge is 2.14. The summed E-state index contributed by atoms with van der Waals surface area (Å²) in [5.74, 6) is -1.28. The number of nitrogens with zero attached hydrogens (tertiary/aromatic N) is 1. The van der Waals surface area contributed by atoms with Crippen LogP contribution in [0.1, 0.15) is 30.9 Å². The van der Waals surface area contributed by atoms with Gasteiger partial charge in [-0.2, -0.15) is 0 Å². The number of aliphatic carboxylic acids is 1. The number of rotatable bonds is 3. The summed E-state index contributed by atoms with van der Waals surface area (Å²) in [4.78, 5) is 15.1. The fourth-order valence-electron chi connectivity index (χ4n) is 1.95. The Bertz CT molecular complexity index is 563. The van der Waals surface area contributed by atoms with Gasteiger partial charge in [0.1, 0.15) is 0 Å². The van der Waals surface area contributed by atoms with Gasteiger partial charge in [-0.3, -0.25) is 9.78 Å². The number of carboxylic acids is 1. The van der Waals surface area contributed by atoms with Gasteiger partial charge in [0.15, 0.2) is 0 Å². The molecule has 0 radical (unpaired) electrons. The quantitative estimate of drug-likeness (QED) is 0.880. The highest BCUT2D eigenvalue weighted by atomic mass is 16.4. The molecule has 0 saturated heterocycles. The number of aromatic nitrogens is 1. The molecule has 0 fully saturated rings. The third-order valence-corrected chi connectivity index (χ3v) is 3.12. The Kier molecular flexibility index (Phi) is 3.09. The molecule has 0 aliphatic rings. The van der Waals surface area contributed by atoms with E-state index >= 15 is 0 Å². The first kappa shape index (κ1) is 11.6. The maximum absolute atomic E-state index is 10.9. The zero-order valence-electron chi connectivity index (χ0n) is 9.97. The first-order valence-electron chi connectivity index (χ1n) is 5.72. The lowest BCUT2D eigenvalue weighted by Gasteiger charge is -2.09. The van der Waals surface area contributed by atoms with Crippen molar-refractivity contribution in [3.05, 3.63) is 41.7 Å². The van der Waals surface area contributed by atoms with E-state index in [9.17, 15) is 4.79 Å². The van der Waals surface area contributed by atoms with E-state index in [1.54, 1.807) is 13.1 Å². The van der Waals surface area contributed by atoms with Crippen molar-refractivity contribution in [3.8, 4) is 0 Å². The molecule has 2 rings (SSSR count). The van der Waals surface area contributed by atoms with Crippen LogP contribution in [0.5, 0.6) is 0 Å². The van der Waals surface area contributed by atoms with Gasteiger partial charge in [-0.05, 0) is 35.9 Å². The summed E-state index contributed by atoms with van der Waals surface area (Å²) >= 11 is 0. The van der Waals surface area contributed by atoms with E-state index in [1.807, 2.05) is 24.4 Å². The molecule has 1 N–H and O–H groups in total. The van der Waals surface area contributed by atoms with Crippen molar-refractivity contribution in [1.29, 1.82) is 0 Å². The molecule has 0 aliphatic heterocycles. The van der Waals surface area contributed by atoms with Crippen LogP contribution in [0, 0.1) is 0 Å². The molecule has 88 valence electrons. The molecular formula is C14H15NO2. The van der Waals surface area contributed by atoms with Crippen molar-refractivity contribution in [1.82, 2.24) is 4.98 Å². The summed E-state index contributed by atoms with van der Waals surface area (Å²) in [6.07, 6.45) is 4.58. The molecule has 0 spiro atoms. The van der Waals surface area contributed by atoms with Crippen molar-refractivity contribution in [2.45, 2.75) is 26.2 Å². The molecule has 3 heteroatoms. The van der Waals surface area contributed by atoms with E-state index in [2.05, 4.69) is 11.9 Å². The number of hydrogen-bond acceptors (Lipinski definition) is 2. The smallest absolute Gasteiger partial charge is 0.310 e. The molecule has 1 unspecified atom stereocenters. The van der Waals surface area contributed by atoms with Gasteiger partial charge in [-0.1, -0.05) is 19.1 Å². The Hall–Kier alpha value is -1.90. The highest BCUT2D eigenvalue weighted by molar-refractivity contribution is 5.87. The van der Waals surface area contributed by atoms with Crippen LogP contribution in [-0.2, 0) is 11.2 Å². The Balaban J connectivity index is 2.55. The average molecular weight is 229 g/mol. The summed E-state index contributed by atoms with van der Waals surface area (Å²) in [5, 5.41) is 11.2. The van der Waals surface area contributed by atoms with Gasteiger partial charge in [0.25, 0.3) is 0 Å². The third kappa shape index (κ3) is 2.13. The predicted molar refractivity (Wildman–Crippen MR) is 67.2 cm³/mol. The van der Waals surface area contributed by atoms with Crippen molar-refractivity contribution in [2.75, 3.05) is 0 Å². The van der Waals surface area contributed by atoms with Crippen LogP contribution in [0.15, 0.2) is 30.6 Å². The second-order valence-corrected chi connectivity index (χ2v) is 4.19. The molecule has 0 bridgehead atoms. The molecule has 1 aromatic carbocycles. The molecule has 2 aromatic rings. The lowest BCUT2D eigenvalue weighted by Crippen LogP contribution is -2.07. The number of fused-ring (bicyclic) bond motifs is 1. The first-order chi connectivity index (χ1) is 8.13. The van der Waals surface area contributed by atoms with E-state index in [0.29, 0.717) is 0 Å². The van der Waals surface area contributed by atoms with Crippen molar-refractivity contribution >= 4 is 16.7 Å². The van der Waals surface area contributed by atoms with E-state index in [0.717, 1.165) is 22.8 Å². The van der Waals surface area contributed by atoms with Gasteiger partial charge in [-0.15, -0.1) is 0 Å². The molecule has 3 nitrogen and oxygen atoms in total. The van der Waals surface area contributed by atoms with Crippen molar-refractivity contribution in [3.63, 3.8) is 0 Å². The molecular weight excluding hydrogens is 214 g/mol. The number of benzene rings is 1. The lowest BCUT2D eigenvalue weighted by atomic mass is 9.97. The molecule has 0 amide bonds. The monoisotopic (exact) mass is 229 g/mol. The molecule has 17 heavy (non-hydrogen) atoms. The van der Waals surface area contributed by atoms with E-state index in [1.165, 1.54) is 5.56 Å². The first-order valence-corrected chi connectivity index (χ1v) is 5.72.